The van der Waals surface area contributed by atoms with E-state index in [1.165, 1.54) is 0 Å². The van der Waals surface area contributed by atoms with Gasteiger partial charge in [0, 0.05) is 29.9 Å². The number of carbonyl (C=O) groups is 1. The fourth-order valence-corrected chi connectivity index (χ4v) is 4.18. The maximum absolute atomic E-state index is 12.4. The molecule has 1 N–H and O–H groups in total. The summed E-state index contributed by atoms with van der Waals surface area (Å²) < 4.78 is 5.36. The van der Waals surface area contributed by atoms with Crippen molar-refractivity contribution in [3.63, 3.8) is 0 Å². The maximum Gasteiger partial charge on any atom is 0.230 e. The first kappa shape index (κ1) is 19.8. The van der Waals surface area contributed by atoms with Crippen LogP contribution in [0.25, 0.3) is 0 Å². The summed E-state index contributed by atoms with van der Waals surface area (Å²) in [5.41, 5.74) is 2.55. The number of halogens is 1. The number of thiazole rings is 1. The van der Waals surface area contributed by atoms with Crippen LogP contribution in [0.1, 0.15) is 16.3 Å². The number of benzene rings is 1. The quantitative estimate of drug-likeness (QED) is 0.646. The van der Waals surface area contributed by atoms with Crippen molar-refractivity contribution in [2.45, 2.75) is 12.8 Å². The van der Waals surface area contributed by atoms with Crippen molar-refractivity contribution >= 4 is 40.4 Å². The average molecular weight is 429 g/mol. The van der Waals surface area contributed by atoms with Gasteiger partial charge in [-0.25, -0.2) is 9.97 Å². The molecule has 1 amide bonds. The number of anilines is 2. The molecule has 2 aromatic heterocycles. The highest BCUT2D eigenvalue weighted by Gasteiger charge is 2.13. The highest BCUT2D eigenvalue weighted by Crippen LogP contribution is 2.19. The summed E-state index contributed by atoms with van der Waals surface area (Å²) in [4.78, 5) is 23.6. The minimum Gasteiger partial charge on any atom is -0.378 e. The van der Waals surface area contributed by atoms with Crippen LogP contribution < -0.4 is 10.2 Å². The summed E-state index contributed by atoms with van der Waals surface area (Å²) in [5.74, 6) is 0.794. The lowest BCUT2D eigenvalue weighted by Gasteiger charge is -2.27. The van der Waals surface area contributed by atoms with E-state index in [4.69, 9.17) is 16.3 Å². The number of rotatable bonds is 6. The molecule has 1 saturated heterocycles. The summed E-state index contributed by atoms with van der Waals surface area (Å²) in [7, 11) is 0. The molecule has 0 unspecified atom stereocenters. The Hall–Kier alpha value is -2.48. The van der Waals surface area contributed by atoms with Gasteiger partial charge in [-0.05, 0) is 29.8 Å². The molecule has 6 nitrogen and oxygen atoms in total. The van der Waals surface area contributed by atoms with Gasteiger partial charge in [0.1, 0.15) is 5.82 Å². The van der Waals surface area contributed by atoms with Gasteiger partial charge in [-0.15, -0.1) is 11.3 Å². The van der Waals surface area contributed by atoms with Crippen LogP contribution in [0, 0.1) is 0 Å². The first-order valence-electron chi connectivity index (χ1n) is 9.42. The lowest BCUT2D eigenvalue weighted by Crippen LogP contribution is -2.36. The lowest BCUT2D eigenvalue weighted by molar-refractivity contribution is -0.115. The van der Waals surface area contributed by atoms with Gasteiger partial charge in [0.25, 0.3) is 0 Å². The highest BCUT2D eigenvalue weighted by molar-refractivity contribution is 7.09. The van der Waals surface area contributed by atoms with Crippen LogP contribution in [0.15, 0.2) is 48.0 Å². The minimum absolute atomic E-state index is 0.106. The van der Waals surface area contributed by atoms with Gasteiger partial charge in [0.05, 0.1) is 42.2 Å². The zero-order chi connectivity index (χ0) is 20.1. The predicted octanol–water partition coefficient (Wildman–Crippen LogP) is 3.80. The molecule has 0 spiro atoms. The molecule has 0 atom stereocenters. The van der Waals surface area contributed by atoms with Gasteiger partial charge >= 0.3 is 0 Å². The van der Waals surface area contributed by atoms with E-state index in [9.17, 15) is 4.79 Å². The highest BCUT2D eigenvalue weighted by atomic mass is 35.5. The van der Waals surface area contributed by atoms with Crippen LogP contribution in [0.3, 0.4) is 0 Å². The van der Waals surface area contributed by atoms with Crippen molar-refractivity contribution in [3.8, 4) is 0 Å². The van der Waals surface area contributed by atoms with Crippen molar-refractivity contribution in [3.05, 3.63) is 69.3 Å². The number of carbonyl (C=O) groups excluding carboxylic acids is 1. The first-order valence-corrected chi connectivity index (χ1v) is 10.7. The second-order valence-electron chi connectivity index (χ2n) is 6.77. The van der Waals surface area contributed by atoms with Gasteiger partial charge in [-0.3, -0.25) is 4.79 Å². The average Bonchev–Trinajstić information content (AvgIpc) is 3.15. The Morgan fingerprint density at radius 2 is 2.10 bits per heavy atom. The molecule has 1 aliphatic heterocycles. The smallest absolute Gasteiger partial charge is 0.230 e. The standard InChI is InChI=1S/C21H21ClN4O2S/c22-16-3-1-2-15(10-16)11-21-25-18(14-29-21)12-20(27)24-17-4-5-19(23-13-17)26-6-8-28-9-7-26/h1-5,10,13-14H,6-9,11-12H2,(H,24,27). The number of hydrogen-bond donors (Lipinski definition) is 1. The minimum atomic E-state index is -0.106. The lowest BCUT2D eigenvalue weighted by atomic mass is 10.2. The van der Waals surface area contributed by atoms with Crippen molar-refractivity contribution in [1.82, 2.24) is 9.97 Å². The molecule has 8 heteroatoms. The van der Waals surface area contributed by atoms with Crippen molar-refractivity contribution in [1.29, 1.82) is 0 Å². The van der Waals surface area contributed by atoms with Gasteiger partial charge in [0.2, 0.25) is 5.91 Å². The third-order valence-corrected chi connectivity index (χ3v) is 5.68. The van der Waals surface area contributed by atoms with E-state index in [0.29, 0.717) is 30.3 Å². The monoisotopic (exact) mass is 428 g/mol. The number of aromatic nitrogens is 2. The third-order valence-electron chi connectivity index (χ3n) is 4.55. The van der Waals surface area contributed by atoms with Crippen LogP contribution in [0.2, 0.25) is 5.02 Å². The molecule has 1 aromatic carbocycles. The van der Waals surface area contributed by atoms with Crippen LogP contribution in [0.4, 0.5) is 11.5 Å². The van der Waals surface area contributed by atoms with E-state index in [0.717, 1.165) is 35.2 Å². The van der Waals surface area contributed by atoms with Crippen molar-refractivity contribution in [2.75, 3.05) is 36.5 Å². The number of amides is 1. The van der Waals surface area contributed by atoms with Crippen LogP contribution >= 0.6 is 22.9 Å². The van der Waals surface area contributed by atoms with E-state index in [1.807, 2.05) is 41.8 Å². The maximum atomic E-state index is 12.4. The molecule has 0 bridgehead atoms. The SMILES string of the molecule is O=C(Cc1csc(Cc2cccc(Cl)c2)n1)Nc1ccc(N2CCOCC2)nc1. The Labute approximate surface area is 178 Å². The Balaban J connectivity index is 1.31. The van der Waals surface area contributed by atoms with Gasteiger partial charge in [-0.1, -0.05) is 23.7 Å². The summed E-state index contributed by atoms with van der Waals surface area (Å²) in [6.45, 7) is 3.10. The van der Waals surface area contributed by atoms with Crippen LogP contribution in [-0.2, 0) is 22.4 Å². The first-order chi connectivity index (χ1) is 14.2. The van der Waals surface area contributed by atoms with Crippen LogP contribution in [0.5, 0.6) is 0 Å². The van der Waals surface area contributed by atoms with Crippen LogP contribution in [-0.4, -0.2) is 42.2 Å². The van der Waals surface area contributed by atoms with E-state index in [1.54, 1.807) is 17.5 Å². The molecule has 29 heavy (non-hydrogen) atoms. The van der Waals surface area contributed by atoms with E-state index >= 15 is 0 Å². The normalized spacial score (nSPS) is 14.0. The van der Waals surface area contributed by atoms with E-state index in [-0.39, 0.29) is 12.3 Å². The molecular weight excluding hydrogens is 408 g/mol. The van der Waals surface area contributed by atoms with E-state index in [2.05, 4.69) is 20.2 Å². The molecule has 1 fully saturated rings. The Morgan fingerprint density at radius 1 is 1.24 bits per heavy atom. The second kappa shape index (κ2) is 9.35. The second-order valence-corrected chi connectivity index (χ2v) is 8.15. The molecule has 4 rings (SSSR count). The number of ether oxygens (including phenoxy) is 1. The number of pyridine rings is 1. The topological polar surface area (TPSA) is 67.4 Å². The third kappa shape index (κ3) is 5.53. The molecule has 0 saturated carbocycles. The fraction of sp³-hybridized carbons (Fsp3) is 0.286. The van der Waals surface area contributed by atoms with Gasteiger partial charge in [-0.2, -0.15) is 0 Å². The Kier molecular flexibility index (Phi) is 6.39. The zero-order valence-corrected chi connectivity index (χ0v) is 17.4. The molecule has 3 heterocycles. The summed E-state index contributed by atoms with van der Waals surface area (Å²) in [5, 5.41) is 6.50. The number of nitrogens with zero attached hydrogens (tertiary/aromatic N) is 3. The summed E-state index contributed by atoms with van der Waals surface area (Å²) in [6, 6.07) is 11.5. The largest absolute Gasteiger partial charge is 0.378 e. The Morgan fingerprint density at radius 3 is 2.86 bits per heavy atom. The number of hydrogen-bond acceptors (Lipinski definition) is 6. The molecule has 150 valence electrons. The van der Waals surface area contributed by atoms with Gasteiger partial charge < -0.3 is 15.0 Å². The zero-order valence-electron chi connectivity index (χ0n) is 15.8. The predicted molar refractivity (Wildman–Crippen MR) is 116 cm³/mol. The molecule has 1 aliphatic rings. The van der Waals surface area contributed by atoms with Crippen molar-refractivity contribution in [2.24, 2.45) is 0 Å². The number of morpholine rings is 1. The fourth-order valence-electron chi connectivity index (χ4n) is 3.14. The molecule has 3 aromatic rings. The summed E-state index contributed by atoms with van der Waals surface area (Å²) in [6.07, 6.45) is 2.63. The summed E-state index contributed by atoms with van der Waals surface area (Å²) >= 11 is 7.59. The van der Waals surface area contributed by atoms with Gasteiger partial charge in [0.15, 0.2) is 0 Å². The molecule has 0 radical (unpaired) electrons. The number of nitrogens with one attached hydrogen (secondary N) is 1. The van der Waals surface area contributed by atoms with Crippen molar-refractivity contribution < 1.29 is 9.53 Å². The molecular formula is C21H21ClN4O2S. The molecule has 0 aliphatic carbocycles. The van der Waals surface area contributed by atoms with E-state index < -0.39 is 0 Å². The Bertz CT molecular complexity index is 971.